The molecule has 0 amide bonds. The number of alkyl halides is 2. The molecule has 3 heterocycles. The zero-order valence-corrected chi connectivity index (χ0v) is 15.7. The maximum atomic E-state index is 13.0. The monoisotopic (exact) mass is 405 g/mol. The van der Waals surface area contributed by atoms with E-state index >= 15 is 0 Å². The number of Topliss-reactive ketones (excluding diaryl/α,β-unsaturated/α-hetero) is 2. The number of benzene rings is 1. The Morgan fingerprint density at radius 1 is 1.11 bits per heavy atom. The normalized spacial score (nSPS) is 31.1. The number of ketones is 2. The van der Waals surface area contributed by atoms with Crippen molar-refractivity contribution in [1.29, 1.82) is 0 Å². The Morgan fingerprint density at radius 3 is 2.29 bits per heavy atom. The van der Waals surface area contributed by atoms with Crippen molar-refractivity contribution < 1.29 is 27.8 Å². The van der Waals surface area contributed by atoms with Crippen LogP contribution >= 0.6 is 11.3 Å². The lowest BCUT2D eigenvalue weighted by molar-refractivity contribution is -0.127. The summed E-state index contributed by atoms with van der Waals surface area (Å²) < 4.78 is 34.7. The number of aryl methyl sites for hydroxylation is 1. The maximum Gasteiger partial charge on any atom is 0.387 e. The molecule has 1 saturated carbocycles. The Bertz CT molecular complexity index is 930. The van der Waals surface area contributed by atoms with Crippen LogP contribution in [0.25, 0.3) is 10.6 Å². The molecule has 1 aliphatic carbocycles. The molecule has 3 fully saturated rings. The minimum absolute atomic E-state index is 0.0664. The van der Waals surface area contributed by atoms with Gasteiger partial charge < -0.3 is 9.47 Å². The van der Waals surface area contributed by atoms with Gasteiger partial charge in [-0.05, 0) is 44.0 Å². The molecule has 2 aliphatic heterocycles. The van der Waals surface area contributed by atoms with Crippen molar-refractivity contribution >= 4 is 22.9 Å². The smallest absolute Gasteiger partial charge is 0.387 e. The SMILES string of the molecule is Cc1sc(-c2ccc(OC(F)F)cc2)nc1C1C(=O)[C@@H]2[C@H](C1=O)[C@@H]1CC[C@H]2O1. The third kappa shape index (κ3) is 2.62. The van der Waals surface area contributed by atoms with E-state index in [-0.39, 0.29) is 41.4 Å². The lowest BCUT2D eigenvalue weighted by atomic mass is 9.81. The molecule has 5 rings (SSSR count). The fourth-order valence-electron chi connectivity index (χ4n) is 4.77. The topological polar surface area (TPSA) is 65.5 Å². The standard InChI is InChI=1S/C20H17F2NO4S/c1-8-16(15-17(24)13-11-6-7-12(27-11)14(13)18(15)25)23-19(28-8)9-2-4-10(5-3-9)26-20(21)22/h2-5,11-15,20H,6-7H2,1H3/t11-,12+,13+,14-,15?. The zero-order chi connectivity index (χ0) is 19.6. The number of aromatic nitrogens is 1. The van der Waals surface area contributed by atoms with E-state index in [0.29, 0.717) is 10.7 Å². The molecule has 3 aliphatic rings. The summed E-state index contributed by atoms with van der Waals surface area (Å²) in [5.41, 5.74) is 1.25. The number of thiazole rings is 1. The van der Waals surface area contributed by atoms with E-state index in [1.54, 1.807) is 12.1 Å². The van der Waals surface area contributed by atoms with Crippen LogP contribution in [-0.4, -0.2) is 35.4 Å². The van der Waals surface area contributed by atoms with E-state index in [4.69, 9.17) is 4.74 Å². The summed E-state index contributed by atoms with van der Waals surface area (Å²) in [4.78, 5) is 31.4. The predicted molar refractivity (Wildman–Crippen MR) is 96.5 cm³/mol. The molecule has 5 nitrogen and oxygen atoms in total. The van der Waals surface area contributed by atoms with Gasteiger partial charge in [-0.15, -0.1) is 11.3 Å². The first kappa shape index (κ1) is 17.9. The van der Waals surface area contributed by atoms with E-state index < -0.39 is 12.5 Å². The lowest BCUT2D eigenvalue weighted by Gasteiger charge is -2.16. The molecule has 2 saturated heterocycles. The van der Waals surface area contributed by atoms with Crippen LogP contribution in [0.1, 0.15) is 29.3 Å². The molecule has 0 N–H and O–H groups in total. The van der Waals surface area contributed by atoms with Crippen LogP contribution in [0.5, 0.6) is 5.75 Å². The average Bonchev–Trinajstić information content (AvgIpc) is 3.40. The average molecular weight is 405 g/mol. The fraction of sp³-hybridized carbons (Fsp3) is 0.450. The number of ether oxygens (including phenoxy) is 2. The second-order valence-corrected chi connectivity index (χ2v) is 8.65. The minimum Gasteiger partial charge on any atom is -0.435 e. The first-order valence-corrected chi connectivity index (χ1v) is 10.0. The fourth-order valence-corrected chi connectivity index (χ4v) is 5.73. The molecule has 1 aromatic carbocycles. The van der Waals surface area contributed by atoms with Crippen molar-refractivity contribution in [1.82, 2.24) is 4.98 Å². The van der Waals surface area contributed by atoms with Gasteiger partial charge in [-0.1, -0.05) is 0 Å². The third-order valence-corrected chi connectivity index (χ3v) is 6.97. The summed E-state index contributed by atoms with van der Waals surface area (Å²) in [5, 5.41) is 0.646. The highest BCUT2D eigenvalue weighted by Gasteiger charge is 2.63. The van der Waals surface area contributed by atoms with Crippen molar-refractivity contribution in [3.8, 4) is 16.3 Å². The number of rotatable bonds is 4. The number of nitrogens with zero attached hydrogens (tertiary/aromatic N) is 1. The molecule has 0 radical (unpaired) electrons. The highest BCUT2D eigenvalue weighted by molar-refractivity contribution is 7.15. The first-order chi connectivity index (χ1) is 13.4. The second kappa shape index (κ2) is 6.42. The van der Waals surface area contributed by atoms with Crippen molar-refractivity contribution in [2.24, 2.45) is 11.8 Å². The highest BCUT2D eigenvalue weighted by atomic mass is 32.1. The molecule has 8 heteroatoms. The van der Waals surface area contributed by atoms with Gasteiger partial charge in [-0.2, -0.15) is 8.78 Å². The summed E-state index contributed by atoms with van der Waals surface area (Å²) in [6.45, 7) is -1.03. The number of carbonyl (C=O) groups excluding carboxylic acids is 2. The molecule has 2 aromatic rings. The summed E-state index contributed by atoms with van der Waals surface area (Å²) in [5.74, 6) is -1.53. The third-order valence-electron chi connectivity index (χ3n) is 5.93. The summed E-state index contributed by atoms with van der Waals surface area (Å²) in [7, 11) is 0. The Hall–Kier alpha value is -2.19. The van der Waals surface area contributed by atoms with Crippen LogP contribution < -0.4 is 4.74 Å². The van der Waals surface area contributed by atoms with Gasteiger partial charge >= 0.3 is 6.61 Å². The van der Waals surface area contributed by atoms with Gasteiger partial charge in [-0.3, -0.25) is 9.59 Å². The Kier molecular flexibility index (Phi) is 4.10. The number of fused-ring (bicyclic) bond motifs is 5. The van der Waals surface area contributed by atoms with Gasteiger partial charge in [0.15, 0.2) is 11.6 Å². The summed E-state index contributed by atoms with van der Waals surface area (Å²) in [6, 6.07) is 6.17. The van der Waals surface area contributed by atoms with Gasteiger partial charge in [0.05, 0.1) is 29.7 Å². The van der Waals surface area contributed by atoms with E-state index in [9.17, 15) is 18.4 Å². The zero-order valence-electron chi connectivity index (χ0n) is 14.9. The minimum atomic E-state index is -2.88. The van der Waals surface area contributed by atoms with Crippen LogP contribution in [0.3, 0.4) is 0 Å². The molecular formula is C20H17F2NO4S. The van der Waals surface area contributed by atoms with Crippen molar-refractivity contribution in [2.75, 3.05) is 0 Å². The number of hydrogen-bond donors (Lipinski definition) is 0. The molecule has 146 valence electrons. The number of halogens is 2. The van der Waals surface area contributed by atoms with E-state index in [0.717, 1.165) is 23.3 Å². The van der Waals surface area contributed by atoms with Crippen molar-refractivity contribution in [2.45, 2.75) is 44.5 Å². The van der Waals surface area contributed by atoms with Crippen LogP contribution in [0.15, 0.2) is 24.3 Å². The number of hydrogen-bond acceptors (Lipinski definition) is 6. The van der Waals surface area contributed by atoms with E-state index in [2.05, 4.69) is 9.72 Å². The van der Waals surface area contributed by atoms with Gasteiger partial charge in [-0.25, -0.2) is 4.98 Å². The van der Waals surface area contributed by atoms with Gasteiger partial charge in [0, 0.05) is 10.4 Å². The van der Waals surface area contributed by atoms with Crippen LogP contribution in [0, 0.1) is 18.8 Å². The van der Waals surface area contributed by atoms with E-state index in [1.807, 2.05) is 6.92 Å². The molecule has 1 unspecified atom stereocenters. The number of carbonyl (C=O) groups is 2. The second-order valence-electron chi connectivity index (χ2n) is 7.44. The summed E-state index contributed by atoms with van der Waals surface area (Å²) in [6.07, 6.45) is 1.42. The molecule has 2 bridgehead atoms. The maximum absolute atomic E-state index is 13.0. The van der Waals surface area contributed by atoms with Crippen molar-refractivity contribution in [3.63, 3.8) is 0 Å². The summed E-state index contributed by atoms with van der Waals surface area (Å²) >= 11 is 1.39. The quantitative estimate of drug-likeness (QED) is 0.725. The molecule has 0 spiro atoms. The molecule has 5 atom stereocenters. The lowest BCUT2D eigenvalue weighted by Crippen LogP contribution is -2.29. The van der Waals surface area contributed by atoms with Gasteiger partial charge in [0.2, 0.25) is 0 Å². The molecule has 28 heavy (non-hydrogen) atoms. The highest BCUT2D eigenvalue weighted by Crippen LogP contribution is 2.52. The van der Waals surface area contributed by atoms with Crippen LogP contribution in [0.4, 0.5) is 8.78 Å². The first-order valence-electron chi connectivity index (χ1n) is 9.19. The Labute approximate surface area is 163 Å². The Morgan fingerprint density at radius 2 is 1.71 bits per heavy atom. The largest absolute Gasteiger partial charge is 0.435 e. The van der Waals surface area contributed by atoms with Crippen LogP contribution in [-0.2, 0) is 14.3 Å². The predicted octanol–water partition coefficient (Wildman–Crippen LogP) is 3.75. The van der Waals surface area contributed by atoms with Crippen molar-refractivity contribution in [3.05, 3.63) is 34.8 Å². The molecular weight excluding hydrogens is 388 g/mol. The molecule has 1 aromatic heterocycles. The van der Waals surface area contributed by atoms with Gasteiger partial charge in [0.1, 0.15) is 16.7 Å². The van der Waals surface area contributed by atoms with E-state index in [1.165, 1.54) is 23.5 Å². The Balaban J connectivity index is 1.44. The van der Waals surface area contributed by atoms with Crippen LogP contribution in [0.2, 0.25) is 0 Å². The van der Waals surface area contributed by atoms with Gasteiger partial charge in [0.25, 0.3) is 0 Å².